The van der Waals surface area contributed by atoms with Crippen LogP contribution in [0.25, 0.3) is 68.1 Å². The largest absolute Gasteiger partial charge is 0.325 e. The third-order valence-electron chi connectivity index (χ3n) is 10.2. The molecule has 0 radical (unpaired) electrons. The van der Waals surface area contributed by atoms with Gasteiger partial charge in [0.1, 0.15) is 22.6 Å². The van der Waals surface area contributed by atoms with Crippen LogP contribution < -0.4 is 0 Å². The van der Waals surface area contributed by atoms with E-state index in [1.165, 1.54) is 24.3 Å². The quantitative estimate of drug-likeness (QED) is 0.101. The van der Waals surface area contributed by atoms with Crippen molar-refractivity contribution < 1.29 is 33.7 Å². The van der Waals surface area contributed by atoms with Crippen LogP contribution in [0.15, 0.2) is 68.1 Å². The van der Waals surface area contributed by atoms with Gasteiger partial charge in [-0.25, -0.2) is 63.6 Å². The lowest BCUT2D eigenvalue weighted by molar-refractivity contribution is 0.579. The highest BCUT2D eigenvalue weighted by Crippen LogP contribution is 2.41. The fourth-order valence-electron chi connectivity index (χ4n) is 6.85. The minimum atomic E-state index is -4.06. The van der Waals surface area contributed by atoms with Crippen molar-refractivity contribution in [3.8, 4) is 45.6 Å². The molecule has 20 heteroatoms. The molecule has 0 spiro atoms. The van der Waals surface area contributed by atoms with E-state index in [-0.39, 0.29) is 111 Å². The predicted molar refractivity (Wildman–Crippen MR) is 229 cm³/mol. The van der Waals surface area contributed by atoms with Gasteiger partial charge < -0.3 is 9.97 Å². The lowest BCUT2D eigenvalue weighted by atomic mass is 10.1. The van der Waals surface area contributed by atoms with Crippen LogP contribution in [0.2, 0.25) is 0 Å². The van der Waals surface area contributed by atoms with E-state index in [1.807, 2.05) is 27.7 Å². The monoisotopic (exact) mass is 894 g/mol. The molecular formula is C40H46N8O8S4. The topological polar surface area (TPSA) is 245 Å². The van der Waals surface area contributed by atoms with Crippen LogP contribution in [-0.4, -0.2) is 96.6 Å². The van der Waals surface area contributed by atoms with Gasteiger partial charge in [-0.1, -0.05) is 53.4 Å². The van der Waals surface area contributed by atoms with Crippen molar-refractivity contribution in [3.05, 3.63) is 48.5 Å². The number of sulfone groups is 4. The second-order valence-electron chi connectivity index (χ2n) is 14.8. The van der Waals surface area contributed by atoms with Gasteiger partial charge in [-0.05, 0) is 74.2 Å². The molecule has 0 aliphatic carbocycles. The summed E-state index contributed by atoms with van der Waals surface area (Å²) in [4.78, 5) is 33.0. The summed E-state index contributed by atoms with van der Waals surface area (Å²) in [7, 11) is -16.2. The smallest absolute Gasteiger partial charge is 0.179 e. The number of aromatic amines is 2. The van der Waals surface area contributed by atoms with Gasteiger partial charge in [0.15, 0.2) is 62.6 Å². The highest BCUT2D eigenvalue weighted by Gasteiger charge is 2.33. The molecule has 0 amide bonds. The van der Waals surface area contributed by atoms with Crippen molar-refractivity contribution in [1.82, 2.24) is 39.9 Å². The van der Waals surface area contributed by atoms with Crippen LogP contribution in [0.1, 0.15) is 79.1 Å². The van der Waals surface area contributed by atoms with E-state index in [4.69, 9.17) is 19.9 Å². The first kappa shape index (κ1) is 43.2. The lowest BCUT2D eigenvalue weighted by Gasteiger charge is -2.13. The molecule has 0 saturated carbocycles. The van der Waals surface area contributed by atoms with E-state index in [9.17, 15) is 33.7 Å². The molecule has 0 fully saturated rings. The molecule has 0 unspecified atom stereocenters. The van der Waals surface area contributed by atoms with E-state index < -0.39 is 39.3 Å². The van der Waals surface area contributed by atoms with Crippen molar-refractivity contribution in [2.45, 2.75) is 98.6 Å². The molecule has 7 rings (SSSR count). The molecule has 5 aromatic rings. The maximum Gasteiger partial charge on any atom is 0.179 e. The highest BCUT2D eigenvalue weighted by atomic mass is 32.2. The molecule has 2 aliphatic rings. The number of aromatic nitrogens is 8. The maximum atomic E-state index is 13.8. The minimum Gasteiger partial charge on any atom is -0.325 e. The molecule has 318 valence electrons. The molecule has 8 bridgehead atoms. The van der Waals surface area contributed by atoms with Gasteiger partial charge in [0, 0.05) is 22.3 Å². The average Bonchev–Trinajstić information content (AvgIpc) is 4.00. The molecular weight excluding hydrogens is 849 g/mol. The predicted octanol–water partition coefficient (Wildman–Crippen LogP) is 6.86. The first-order valence-electron chi connectivity index (χ1n) is 19.9. The van der Waals surface area contributed by atoms with Crippen molar-refractivity contribution in [2.24, 2.45) is 0 Å². The number of H-pyrrole nitrogens is 2. The van der Waals surface area contributed by atoms with Crippen LogP contribution in [0.4, 0.5) is 0 Å². The van der Waals surface area contributed by atoms with Gasteiger partial charge in [-0.2, -0.15) is 0 Å². The molecule has 3 aromatic heterocycles. The fourth-order valence-corrected chi connectivity index (χ4v) is 14.6. The number of hydrogen-bond acceptors (Lipinski definition) is 14. The Hall–Kier alpha value is -4.92. The van der Waals surface area contributed by atoms with E-state index in [0.717, 1.165) is 0 Å². The Morgan fingerprint density at radius 2 is 0.583 bits per heavy atom. The summed E-state index contributed by atoms with van der Waals surface area (Å²) in [5.41, 5.74) is 2.05. The number of hydrogen-bond donors (Lipinski definition) is 2. The van der Waals surface area contributed by atoms with E-state index in [2.05, 4.69) is 19.9 Å². The normalized spacial score (nSPS) is 13.0. The second-order valence-corrected chi connectivity index (χ2v) is 23.1. The molecule has 2 N–H and O–H groups in total. The van der Waals surface area contributed by atoms with Crippen LogP contribution in [0, 0.1) is 0 Å². The molecule has 0 saturated heterocycles. The van der Waals surface area contributed by atoms with E-state index in [0.29, 0.717) is 51.4 Å². The van der Waals surface area contributed by atoms with Gasteiger partial charge in [0.05, 0.1) is 42.6 Å². The van der Waals surface area contributed by atoms with Crippen LogP contribution in [-0.2, 0) is 39.3 Å². The number of unbranched alkanes of at least 4 members (excludes halogenated alkanes) is 4. The van der Waals surface area contributed by atoms with Gasteiger partial charge in [-0.15, -0.1) is 0 Å². The Bertz CT molecular complexity index is 2720. The third-order valence-corrected chi connectivity index (χ3v) is 17.8. The highest BCUT2D eigenvalue weighted by molar-refractivity contribution is 7.95. The Balaban J connectivity index is 1.50. The number of nitrogens with zero attached hydrogens (tertiary/aromatic N) is 6. The summed E-state index contributed by atoms with van der Waals surface area (Å²) >= 11 is 0. The maximum absolute atomic E-state index is 13.8. The van der Waals surface area contributed by atoms with Crippen LogP contribution in [0.5, 0.6) is 0 Å². The fraction of sp³-hybridized carbons (Fsp3) is 0.400. The summed E-state index contributed by atoms with van der Waals surface area (Å²) in [5, 5.41) is 0. The van der Waals surface area contributed by atoms with Gasteiger partial charge >= 0.3 is 0 Å². The van der Waals surface area contributed by atoms with Crippen LogP contribution in [0.3, 0.4) is 0 Å². The summed E-state index contributed by atoms with van der Waals surface area (Å²) in [5.74, 6) is -0.681. The molecule has 60 heavy (non-hydrogen) atoms. The molecule has 16 nitrogen and oxygen atoms in total. The van der Waals surface area contributed by atoms with Gasteiger partial charge in [0.2, 0.25) is 0 Å². The standard InChI is InChI=1S/C40H46N8O8S4/c1-5-9-17-57(49,50)29-21-25-26(22-30(29)58(51,52)18-10-6-2)38-44-34-15-16-36(42-34)46-40-28-24-32(60(55,56)20-12-8-4)31(59(53,54)19-11-7-3)23-27(28)39(48-40)45-35-14-13-33(41-35)43-37(25)47-38/h13-16,21-24H,5-12,17-20H2,1-4H3,(H2,41,42,43,44,45,46,47,48). The van der Waals surface area contributed by atoms with Crippen molar-refractivity contribution in [2.75, 3.05) is 23.0 Å². The van der Waals surface area contributed by atoms with Gasteiger partial charge in [0.25, 0.3) is 0 Å². The third kappa shape index (κ3) is 8.64. The van der Waals surface area contributed by atoms with E-state index >= 15 is 0 Å². The Morgan fingerprint density at radius 1 is 0.367 bits per heavy atom. The molecule has 5 heterocycles. The Morgan fingerprint density at radius 3 is 0.783 bits per heavy atom. The van der Waals surface area contributed by atoms with Crippen molar-refractivity contribution in [1.29, 1.82) is 0 Å². The number of fused-ring (bicyclic) bond motifs is 14. The first-order valence-corrected chi connectivity index (χ1v) is 26.6. The van der Waals surface area contributed by atoms with Gasteiger partial charge in [-0.3, -0.25) is 0 Å². The summed E-state index contributed by atoms with van der Waals surface area (Å²) < 4.78 is 110. The number of benzene rings is 2. The first-order chi connectivity index (χ1) is 28.5. The van der Waals surface area contributed by atoms with Crippen molar-refractivity contribution in [3.63, 3.8) is 0 Å². The summed E-state index contributed by atoms with van der Waals surface area (Å²) in [6, 6.07) is 11.7. The molecule has 2 aromatic carbocycles. The zero-order chi connectivity index (χ0) is 43.0. The number of nitrogens with one attached hydrogen (secondary N) is 2. The lowest BCUT2D eigenvalue weighted by Crippen LogP contribution is -2.15. The summed E-state index contributed by atoms with van der Waals surface area (Å²) in [6.45, 7) is 7.41. The Labute approximate surface area is 349 Å². The van der Waals surface area contributed by atoms with E-state index in [1.54, 1.807) is 24.3 Å². The second kappa shape index (κ2) is 16.9. The molecule has 2 aliphatic heterocycles. The SMILES string of the molecule is CCCCS(=O)(=O)c1cc2c(cc1S(=O)(=O)CCCC)-c1nc-2nc2ccc(nc3nc(nc4ccc(n1)[nH]4)-c1cc(S(=O)(=O)CCCC)c(S(=O)(=O)CCCC)cc1-3)[nH]2. The minimum absolute atomic E-state index is 0.0723. The number of rotatable bonds is 16. The zero-order valence-electron chi connectivity index (χ0n) is 33.7. The van der Waals surface area contributed by atoms with Crippen molar-refractivity contribution >= 4 is 61.9 Å². The average molecular weight is 895 g/mol. The molecule has 0 atom stereocenters. The summed E-state index contributed by atoms with van der Waals surface area (Å²) in [6.07, 6.45) is 3.70. The Kier molecular flexibility index (Phi) is 12.1. The van der Waals surface area contributed by atoms with Crippen LogP contribution >= 0.6 is 0 Å². The zero-order valence-corrected chi connectivity index (χ0v) is 37.0.